The zero-order valence-electron chi connectivity index (χ0n) is 14.4. The third-order valence-electron chi connectivity index (χ3n) is 3.75. The highest BCUT2D eigenvalue weighted by Crippen LogP contribution is 2.20. The van der Waals surface area contributed by atoms with Gasteiger partial charge in [-0.15, -0.1) is 0 Å². The van der Waals surface area contributed by atoms with Crippen LogP contribution in [0.25, 0.3) is 0 Å². The number of aliphatic hydroxyl groups is 1. The predicted molar refractivity (Wildman–Crippen MR) is 90.8 cm³/mol. The Morgan fingerprint density at radius 3 is 2.10 bits per heavy atom. The minimum absolute atomic E-state index is 0.359. The molecule has 0 aromatic heterocycles. The largest absolute Gasteiger partial charge is 0.388 e. The molecule has 0 bridgehead atoms. The van der Waals surface area contributed by atoms with E-state index in [0.29, 0.717) is 0 Å². The second-order valence-electron chi connectivity index (χ2n) is 6.37. The molecule has 0 aliphatic heterocycles. The first-order valence-corrected chi connectivity index (χ1v) is 8.05. The van der Waals surface area contributed by atoms with E-state index in [9.17, 15) is 5.11 Å². The second-order valence-corrected chi connectivity index (χ2v) is 6.37. The summed E-state index contributed by atoms with van der Waals surface area (Å²) in [7, 11) is 4.21. The van der Waals surface area contributed by atoms with Gasteiger partial charge in [0.05, 0.1) is 6.10 Å². The lowest BCUT2D eigenvalue weighted by Crippen LogP contribution is -2.33. The maximum Gasteiger partial charge on any atom is 0.0802 e. The lowest BCUT2D eigenvalue weighted by molar-refractivity contribution is 0.138. The van der Waals surface area contributed by atoms with Gasteiger partial charge in [-0.05, 0) is 52.9 Å². The van der Waals surface area contributed by atoms with Crippen LogP contribution in [-0.2, 0) is 0 Å². The number of likely N-dealkylation sites (N-methyl/N-ethyl adjacent to an activating group) is 1. The van der Waals surface area contributed by atoms with Gasteiger partial charge in [0.25, 0.3) is 0 Å². The Labute approximate surface area is 130 Å². The van der Waals surface area contributed by atoms with Crippen molar-refractivity contribution in [2.45, 2.75) is 39.7 Å². The molecule has 1 unspecified atom stereocenters. The number of aryl methyl sites for hydroxylation is 2. The smallest absolute Gasteiger partial charge is 0.0802 e. The zero-order chi connectivity index (χ0) is 15.8. The SMILES string of the molecule is CCCN(CCC(O)c1cc(C)cc(C)c1)CCN(C)C. The van der Waals surface area contributed by atoms with Crippen molar-refractivity contribution in [1.82, 2.24) is 9.80 Å². The molecule has 0 fully saturated rings. The predicted octanol–water partition coefficient (Wildman–Crippen LogP) is 3.00. The molecule has 3 nitrogen and oxygen atoms in total. The van der Waals surface area contributed by atoms with Gasteiger partial charge in [-0.3, -0.25) is 0 Å². The molecular weight excluding hydrogens is 260 g/mol. The molecular formula is C18H32N2O. The fraction of sp³-hybridized carbons (Fsp3) is 0.667. The summed E-state index contributed by atoms with van der Waals surface area (Å²) in [6, 6.07) is 6.35. The Balaban J connectivity index is 2.53. The van der Waals surface area contributed by atoms with Crippen LogP contribution in [0.15, 0.2) is 18.2 Å². The fourth-order valence-corrected chi connectivity index (χ4v) is 2.67. The van der Waals surface area contributed by atoms with E-state index in [0.717, 1.165) is 44.6 Å². The van der Waals surface area contributed by atoms with E-state index in [2.05, 4.69) is 62.9 Å². The highest BCUT2D eigenvalue weighted by Gasteiger charge is 2.11. The van der Waals surface area contributed by atoms with Gasteiger partial charge in [0.15, 0.2) is 0 Å². The third kappa shape index (κ3) is 7.07. The second kappa shape index (κ2) is 9.19. The first kappa shape index (κ1) is 18.1. The zero-order valence-corrected chi connectivity index (χ0v) is 14.4. The van der Waals surface area contributed by atoms with E-state index < -0.39 is 0 Å². The molecule has 1 aromatic carbocycles. The van der Waals surface area contributed by atoms with Gasteiger partial charge in [-0.25, -0.2) is 0 Å². The quantitative estimate of drug-likeness (QED) is 0.758. The molecule has 0 radical (unpaired) electrons. The van der Waals surface area contributed by atoms with E-state index in [1.165, 1.54) is 11.1 Å². The van der Waals surface area contributed by atoms with Crippen molar-refractivity contribution >= 4 is 0 Å². The van der Waals surface area contributed by atoms with Gasteiger partial charge in [0, 0.05) is 19.6 Å². The van der Waals surface area contributed by atoms with Crippen LogP contribution < -0.4 is 0 Å². The van der Waals surface area contributed by atoms with Crippen molar-refractivity contribution < 1.29 is 5.11 Å². The summed E-state index contributed by atoms with van der Waals surface area (Å²) in [6.45, 7) is 10.6. The minimum atomic E-state index is -0.359. The summed E-state index contributed by atoms with van der Waals surface area (Å²) in [4.78, 5) is 4.66. The molecule has 0 amide bonds. The van der Waals surface area contributed by atoms with Crippen LogP contribution in [0.2, 0.25) is 0 Å². The van der Waals surface area contributed by atoms with Gasteiger partial charge in [-0.1, -0.05) is 36.2 Å². The highest BCUT2D eigenvalue weighted by atomic mass is 16.3. The third-order valence-corrected chi connectivity index (χ3v) is 3.75. The molecule has 1 N–H and O–H groups in total. The number of hydrogen-bond acceptors (Lipinski definition) is 3. The number of aliphatic hydroxyl groups excluding tert-OH is 1. The Bertz CT molecular complexity index is 397. The lowest BCUT2D eigenvalue weighted by Gasteiger charge is -2.25. The van der Waals surface area contributed by atoms with E-state index in [1.807, 2.05) is 0 Å². The summed E-state index contributed by atoms with van der Waals surface area (Å²) < 4.78 is 0. The standard InChI is InChI=1S/C18H32N2O/c1-6-8-20(11-10-19(4)5)9-7-18(21)17-13-15(2)12-16(3)14-17/h12-14,18,21H,6-11H2,1-5H3. The Morgan fingerprint density at radius 2 is 1.57 bits per heavy atom. The van der Waals surface area contributed by atoms with Gasteiger partial charge in [0.2, 0.25) is 0 Å². The fourth-order valence-electron chi connectivity index (χ4n) is 2.67. The molecule has 1 rings (SSSR count). The Hall–Kier alpha value is -0.900. The van der Waals surface area contributed by atoms with Gasteiger partial charge >= 0.3 is 0 Å². The first-order valence-electron chi connectivity index (χ1n) is 8.05. The average molecular weight is 292 g/mol. The van der Waals surface area contributed by atoms with Crippen LogP contribution in [0.5, 0.6) is 0 Å². The summed E-state index contributed by atoms with van der Waals surface area (Å²) >= 11 is 0. The molecule has 0 spiro atoms. The number of nitrogens with zero attached hydrogens (tertiary/aromatic N) is 2. The van der Waals surface area contributed by atoms with E-state index in [1.54, 1.807) is 0 Å². The topological polar surface area (TPSA) is 26.7 Å². The van der Waals surface area contributed by atoms with Crippen LogP contribution >= 0.6 is 0 Å². The number of benzene rings is 1. The molecule has 0 aliphatic carbocycles. The van der Waals surface area contributed by atoms with Gasteiger partial charge < -0.3 is 14.9 Å². The average Bonchev–Trinajstić information content (AvgIpc) is 2.40. The molecule has 0 saturated heterocycles. The number of rotatable bonds is 9. The monoisotopic (exact) mass is 292 g/mol. The molecule has 3 heteroatoms. The molecule has 0 saturated carbocycles. The van der Waals surface area contributed by atoms with Crippen LogP contribution in [0.3, 0.4) is 0 Å². The molecule has 0 heterocycles. The Morgan fingerprint density at radius 1 is 0.952 bits per heavy atom. The van der Waals surface area contributed by atoms with Crippen molar-refractivity contribution in [2.75, 3.05) is 40.3 Å². The van der Waals surface area contributed by atoms with E-state index >= 15 is 0 Å². The Kier molecular flexibility index (Phi) is 7.94. The van der Waals surface area contributed by atoms with Crippen molar-refractivity contribution in [3.05, 3.63) is 34.9 Å². The first-order chi connectivity index (χ1) is 9.92. The summed E-state index contributed by atoms with van der Waals surface area (Å²) in [5, 5.41) is 10.4. The van der Waals surface area contributed by atoms with Crippen molar-refractivity contribution in [3.8, 4) is 0 Å². The van der Waals surface area contributed by atoms with E-state index in [4.69, 9.17) is 0 Å². The molecule has 0 aliphatic rings. The summed E-state index contributed by atoms with van der Waals surface area (Å²) in [5.41, 5.74) is 3.50. The molecule has 120 valence electrons. The molecule has 21 heavy (non-hydrogen) atoms. The van der Waals surface area contributed by atoms with Crippen molar-refractivity contribution in [3.63, 3.8) is 0 Å². The highest BCUT2D eigenvalue weighted by molar-refractivity contribution is 5.29. The lowest BCUT2D eigenvalue weighted by atomic mass is 10.0. The van der Waals surface area contributed by atoms with Crippen molar-refractivity contribution in [1.29, 1.82) is 0 Å². The maximum atomic E-state index is 10.4. The maximum absolute atomic E-state index is 10.4. The number of hydrogen-bond donors (Lipinski definition) is 1. The summed E-state index contributed by atoms with van der Waals surface area (Å²) in [5.74, 6) is 0. The van der Waals surface area contributed by atoms with E-state index in [-0.39, 0.29) is 6.10 Å². The minimum Gasteiger partial charge on any atom is -0.388 e. The van der Waals surface area contributed by atoms with Crippen LogP contribution in [0.1, 0.15) is 42.6 Å². The summed E-state index contributed by atoms with van der Waals surface area (Å²) in [6.07, 6.45) is 1.60. The van der Waals surface area contributed by atoms with Crippen LogP contribution in [0, 0.1) is 13.8 Å². The van der Waals surface area contributed by atoms with Crippen LogP contribution in [0.4, 0.5) is 0 Å². The van der Waals surface area contributed by atoms with Gasteiger partial charge in [0.1, 0.15) is 0 Å². The van der Waals surface area contributed by atoms with Crippen LogP contribution in [-0.4, -0.2) is 55.2 Å². The van der Waals surface area contributed by atoms with Crippen molar-refractivity contribution in [2.24, 2.45) is 0 Å². The molecule has 1 atom stereocenters. The molecule has 1 aromatic rings. The van der Waals surface area contributed by atoms with Gasteiger partial charge in [-0.2, -0.15) is 0 Å². The normalized spacial score (nSPS) is 13.1.